The lowest BCUT2D eigenvalue weighted by molar-refractivity contribution is -0.196. The summed E-state index contributed by atoms with van der Waals surface area (Å²) in [6, 6.07) is 0. The van der Waals surface area contributed by atoms with Crippen LogP contribution in [0.5, 0.6) is 0 Å². The Kier molecular flexibility index (Phi) is 2.74. The lowest BCUT2D eigenvalue weighted by Gasteiger charge is -2.66. The molecule has 6 fully saturated rings. The van der Waals surface area contributed by atoms with Crippen molar-refractivity contribution in [3.63, 3.8) is 0 Å². The summed E-state index contributed by atoms with van der Waals surface area (Å²) in [4.78, 5) is 0. The van der Waals surface area contributed by atoms with Gasteiger partial charge in [-0.05, 0) is 84.9 Å². The third kappa shape index (κ3) is 1.54. The van der Waals surface area contributed by atoms with E-state index in [1.165, 1.54) is 32.1 Å². The topological polar surface area (TPSA) is 60.7 Å². The van der Waals surface area contributed by atoms with Crippen molar-refractivity contribution in [3.8, 4) is 0 Å². The molecule has 0 heterocycles. The molecule has 3 nitrogen and oxygen atoms in total. The van der Waals surface area contributed by atoms with Gasteiger partial charge in [0.05, 0.1) is 6.10 Å². The van der Waals surface area contributed by atoms with Crippen LogP contribution < -0.4 is 0 Å². The van der Waals surface area contributed by atoms with Crippen LogP contribution in [0, 0.1) is 45.3 Å². The molecular weight excluding hydrogens is 288 g/mol. The highest BCUT2D eigenvalue weighted by Crippen LogP contribution is 2.85. The van der Waals surface area contributed by atoms with E-state index < -0.39 is 0 Å². The molecule has 6 saturated carbocycles. The van der Waals surface area contributed by atoms with E-state index in [2.05, 4.69) is 13.8 Å². The van der Waals surface area contributed by atoms with Gasteiger partial charge in [-0.25, -0.2) is 0 Å². The maximum Gasteiger partial charge on any atom is 0.0551 e. The second-order valence-corrected chi connectivity index (χ2v) is 10.6. The molecule has 6 aliphatic rings. The van der Waals surface area contributed by atoms with E-state index in [1.54, 1.807) is 0 Å². The van der Waals surface area contributed by atoms with Crippen molar-refractivity contribution >= 4 is 0 Å². The van der Waals surface area contributed by atoms with Gasteiger partial charge in [-0.1, -0.05) is 13.8 Å². The molecule has 0 saturated heterocycles. The van der Waals surface area contributed by atoms with Gasteiger partial charge in [0.15, 0.2) is 0 Å². The van der Waals surface area contributed by atoms with Crippen LogP contribution in [-0.4, -0.2) is 34.6 Å². The van der Waals surface area contributed by atoms with Crippen LogP contribution in [0.1, 0.15) is 58.8 Å². The SMILES string of the molecule is C[C@@]1(CO)C[C@@H](O)C[C@]2(C)[C@@H]1CC[C@@]13C[C@H]4[C@@H](C[C@H]12)[C@@]4(CO)C3. The van der Waals surface area contributed by atoms with Crippen LogP contribution in [-0.2, 0) is 0 Å². The molecular formula is C20H32O3. The fourth-order valence-electron chi connectivity index (χ4n) is 9.10. The van der Waals surface area contributed by atoms with Gasteiger partial charge < -0.3 is 15.3 Å². The Morgan fingerprint density at radius 1 is 0.957 bits per heavy atom. The third-order valence-corrected chi connectivity index (χ3v) is 9.79. The molecule has 6 aliphatic carbocycles. The first kappa shape index (κ1) is 15.2. The summed E-state index contributed by atoms with van der Waals surface area (Å²) in [6.07, 6.45) is 7.75. The van der Waals surface area contributed by atoms with E-state index in [4.69, 9.17) is 0 Å². The molecule has 130 valence electrons. The molecule has 1 spiro atoms. The fourth-order valence-corrected chi connectivity index (χ4v) is 9.10. The Morgan fingerprint density at radius 3 is 2.39 bits per heavy atom. The summed E-state index contributed by atoms with van der Waals surface area (Å²) >= 11 is 0. The van der Waals surface area contributed by atoms with Crippen molar-refractivity contribution in [1.29, 1.82) is 0 Å². The monoisotopic (exact) mass is 320 g/mol. The van der Waals surface area contributed by atoms with Crippen molar-refractivity contribution in [2.45, 2.75) is 64.9 Å². The highest BCUT2D eigenvalue weighted by Gasteiger charge is 2.80. The molecule has 9 atom stereocenters. The van der Waals surface area contributed by atoms with Crippen LogP contribution in [0.4, 0.5) is 0 Å². The number of fused-ring (bicyclic) bond motifs is 1. The smallest absolute Gasteiger partial charge is 0.0551 e. The minimum Gasteiger partial charge on any atom is -0.396 e. The highest BCUT2D eigenvalue weighted by molar-refractivity contribution is 5.28. The average molecular weight is 320 g/mol. The standard InChI is InChI=1S/C20H32O3/c1-17(10-21)6-12(23)7-18(2)15(17)3-4-19-8-14-13(5-16(18)19)20(14,9-19)11-22/h12-16,21-23H,3-11H2,1-2H3/t12-,13-,14+,15-,16+,17+,18-,19+,20+/m1/s1. The summed E-state index contributed by atoms with van der Waals surface area (Å²) in [6.45, 7) is 5.24. The van der Waals surface area contributed by atoms with E-state index >= 15 is 0 Å². The van der Waals surface area contributed by atoms with Crippen LogP contribution >= 0.6 is 0 Å². The number of hydrogen-bond donors (Lipinski definition) is 3. The summed E-state index contributed by atoms with van der Waals surface area (Å²) in [5.74, 6) is 2.77. The molecule has 0 radical (unpaired) electrons. The van der Waals surface area contributed by atoms with E-state index in [1.807, 2.05) is 0 Å². The van der Waals surface area contributed by atoms with Gasteiger partial charge in [-0.15, -0.1) is 0 Å². The third-order valence-electron chi connectivity index (χ3n) is 9.79. The van der Waals surface area contributed by atoms with Gasteiger partial charge in [0, 0.05) is 18.6 Å². The molecule has 0 aromatic carbocycles. The van der Waals surface area contributed by atoms with Gasteiger partial charge >= 0.3 is 0 Å². The number of aliphatic hydroxyl groups is 3. The Labute approximate surface area is 139 Å². The normalized spacial score (nSPS) is 65.9. The first-order chi connectivity index (χ1) is 10.8. The van der Waals surface area contributed by atoms with Gasteiger partial charge in [-0.2, -0.15) is 0 Å². The van der Waals surface area contributed by atoms with Crippen molar-refractivity contribution in [1.82, 2.24) is 0 Å². The molecule has 0 aromatic heterocycles. The summed E-state index contributed by atoms with van der Waals surface area (Å²) in [7, 11) is 0. The van der Waals surface area contributed by atoms with E-state index in [-0.39, 0.29) is 29.0 Å². The molecule has 3 N–H and O–H groups in total. The van der Waals surface area contributed by atoms with E-state index in [0.29, 0.717) is 23.9 Å². The first-order valence-corrected chi connectivity index (χ1v) is 9.73. The number of hydrogen-bond acceptors (Lipinski definition) is 3. The highest BCUT2D eigenvalue weighted by atomic mass is 16.3. The largest absolute Gasteiger partial charge is 0.396 e. The maximum atomic E-state index is 10.6. The number of rotatable bonds is 2. The van der Waals surface area contributed by atoms with Gasteiger partial charge in [0.2, 0.25) is 0 Å². The van der Waals surface area contributed by atoms with Crippen molar-refractivity contribution in [2.24, 2.45) is 45.3 Å². The van der Waals surface area contributed by atoms with Crippen LogP contribution in [0.3, 0.4) is 0 Å². The van der Waals surface area contributed by atoms with E-state index in [9.17, 15) is 15.3 Å². The predicted molar refractivity (Wildman–Crippen MR) is 87.5 cm³/mol. The predicted octanol–water partition coefficient (Wildman–Crippen LogP) is 2.58. The minimum absolute atomic E-state index is 0.119. The molecule has 23 heavy (non-hydrogen) atoms. The maximum absolute atomic E-state index is 10.6. The van der Waals surface area contributed by atoms with Gasteiger partial charge in [0.25, 0.3) is 0 Å². The average Bonchev–Trinajstić information content (AvgIpc) is 3.01. The summed E-state index contributed by atoms with van der Waals surface area (Å²) in [5, 5.41) is 30.6. The fraction of sp³-hybridized carbons (Fsp3) is 1.00. The van der Waals surface area contributed by atoms with E-state index in [0.717, 1.165) is 24.7 Å². The Morgan fingerprint density at radius 2 is 1.74 bits per heavy atom. The van der Waals surface area contributed by atoms with Crippen molar-refractivity contribution in [3.05, 3.63) is 0 Å². The Hall–Kier alpha value is -0.120. The molecule has 0 unspecified atom stereocenters. The lowest BCUT2D eigenvalue weighted by atomic mass is 9.39. The second-order valence-electron chi connectivity index (χ2n) is 10.6. The summed E-state index contributed by atoms with van der Waals surface area (Å²) < 4.78 is 0. The van der Waals surface area contributed by atoms with Gasteiger partial charge in [-0.3, -0.25) is 0 Å². The first-order valence-electron chi connectivity index (χ1n) is 9.73. The van der Waals surface area contributed by atoms with Crippen LogP contribution in [0.2, 0.25) is 0 Å². The molecule has 6 rings (SSSR count). The molecule has 0 amide bonds. The Balaban J connectivity index is 1.54. The second kappa shape index (κ2) is 4.16. The molecule has 3 heteroatoms. The zero-order chi connectivity index (χ0) is 16.3. The van der Waals surface area contributed by atoms with Crippen LogP contribution in [0.15, 0.2) is 0 Å². The zero-order valence-electron chi connectivity index (χ0n) is 14.6. The zero-order valence-corrected chi connectivity index (χ0v) is 14.6. The summed E-state index contributed by atoms with van der Waals surface area (Å²) in [5.41, 5.74) is 0.767. The molecule has 0 aromatic rings. The molecule has 0 aliphatic heterocycles. The minimum atomic E-state index is -0.261. The van der Waals surface area contributed by atoms with Crippen LogP contribution in [0.25, 0.3) is 0 Å². The van der Waals surface area contributed by atoms with Crippen molar-refractivity contribution in [2.75, 3.05) is 13.2 Å². The Bertz CT molecular complexity index is 549. The van der Waals surface area contributed by atoms with Crippen molar-refractivity contribution < 1.29 is 15.3 Å². The lowest BCUT2D eigenvalue weighted by Crippen LogP contribution is -2.61. The quantitative estimate of drug-likeness (QED) is 0.733. The van der Waals surface area contributed by atoms with Gasteiger partial charge in [0.1, 0.15) is 0 Å². The number of aliphatic hydroxyl groups excluding tert-OH is 3. The molecule has 4 bridgehead atoms.